The van der Waals surface area contributed by atoms with Crippen LogP contribution in [0.4, 0.5) is 0 Å². The number of hydrogen-bond acceptors (Lipinski definition) is 4. The van der Waals surface area contributed by atoms with E-state index in [4.69, 9.17) is 0 Å². The summed E-state index contributed by atoms with van der Waals surface area (Å²) >= 11 is 3.85. The van der Waals surface area contributed by atoms with Gasteiger partial charge >= 0.3 is 0 Å². The van der Waals surface area contributed by atoms with Gasteiger partial charge in [0.2, 0.25) is 0 Å². The molecular formula is C12H20N2S2. The summed E-state index contributed by atoms with van der Waals surface area (Å²) in [6.07, 6.45) is 6.40. The normalized spacial score (nSPS) is 18.4. The molecular weight excluding hydrogens is 236 g/mol. The van der Waals surface area contributed by atoms with Crippen molar-refractivity contribution in [2.24, 2.45) is 0 Å². The fraction of sp³-hybridized carbons (Fsp3) is 0.750. The average molecular weight is 256 g/mol. The summed E-state index contributed by atoms with van der Waals surface area (Å²) in [7, 11) is 0. The molecule has 1 N–H and O–H groups in total. The Kier molecular flexibility index (Phi) is 3.93. The van der Waals surface area contributed by atoms with Crippen LogP contribution in [0.2, 0.25) is 0 Å². The molecule has 4 heteroatoms. The van der Waals surface area contributed by atoms with E-state index in [1.165, 1.54) is 34.8 Å². The Morgan fingerprint density at radius 3 is 2.62 bits per heavy atom. The maximum atomic E-state index is 4.45. The largest absolute Gasteiger partial charge is 0.310 e. The molecule has 1 aliphatic rings. The van der Waals surface area contributed by atoms with Crippen LogP contribution in [0.5, 0.6) is 0 Å². The first kappa shape index (κ1) is 12.4. The highest BCUT2D eigenvalue weighted by molar-refractivity contribution is 8.00. The standard InChI is InChI=1S/C12H20N2S2/c1-9-11(16-10(2)14-9)7-13-8-12(15-3)5-4-6-12/h13H,4-8H2,1-3H3. The van der Waals surface area contributed by atoms with Crippen molar-refractivity contribution in [2.75, 3.05) is 12.8 Å². The molecule has 90 valence electrons. The second-order valence-corrected chi connectivity index (χ2v) is 7.15. The molecule has 0 saturated heterocycles. The van der Waals surface area contributed by atoms with E-state index in [2.05, 4.69) is 30.4 Å². The van der Waals surface area contributed by atoms with E-state index in [0.717, 1.165) is 13.1 Å². The van der Waals surface area contributed by atoms with Gasteiger partial charge in [-0.15, -0.1) is 11.3 Å². The minimum Gasteiger partial charge on any atom is -0.310 e. The van der Waals surface area contributed by atoms with E-state index >= 15 is 0 Å². The van der Waals surface area contributed by atoms with Crippen molar-refractivity contribution in [3.63, 3.8) is 0 Å². The third kappa shape index (κ3) is 2.60. The van der Waals surface area contributed by atoms with Gasteiger partial charge in [-0.3, -0.25) is 0 Å². The molecule has 0 aliphatic heterocycles. The molecule has 0 atom stereocenters. The summed E-state index contributed by atoms with van der Waals surface area (Å²) in [5.74, 6) is 0. The van der Waals surface area contributed by atoms with Gasteiger partial charge in [0.05, 0.1) is 10.7 Å². The Morgan fingerprint density at radius 2 is 2.19 bits per heavy atom. The van der Waals surface area contributed by atoms with Crippen molar-refractivity contribution in [2.45, 2.75) is 44.4 Å². The van der Waals surface area contributed by atoms with Crippen molar-refractivity contribution in [3.05, 3.63) is 15.6 Å². The molecule has 1 heterocycles. The Bertz CT molecular complexity index is 350. The molecule has 0 spiro atoms. The summed E-state index contributed by atoms with van der Waals surface area (Å²) < 4.78 is 0.535. The zero-order valence-corrected chi connectivity index (χ0v) is 11.9. The molecule has 1 aromatic rings. The van der Waals surface area contributed by atoms with E-state index in [1.54, 1.807) is 0 Å². The predicted octanol–water partition coefficient (Wildman–Crippen LogP) is 3.14. The van der Waals surface area contributed by atoms with Crippen molar-refractivity contribution in [3.8, 4) is 0 Å². The maximum absolute atomic E-state index is 4.45. The summed E-state index contributed by atoms with van der Waals surface area (Å²) in [6, 6.07) is 0. The molecule has 1 aliphatic carbocycles. The molecule has 0 unspecified atom stereocenters. The number of rotatable bonds is 5. The number of hydrogen-bond donors (Lipinski definition) is 1. The first-order valence-corrected chi connectivity index (χ1v) is 7.88. The van der Waals surface area contributed by atoms with Crippen LogP contribution in [-0.2, 0) is 6.54 Å². The number of nitrogens with one attached hydrogen (secondary N) is 1. The Balaban J connectivity index is 1.81. The molecule has 1 fully saturated rings. The number of thiazole rings is 1. The highest BCUT2D eigenvalue weighted by Gasteiger charge is 2.35. The minimum absolute atomic E-state index is 0.535. The minimum atomic E-state index is 0.535. The van der Waals surface area contributed by atoms with Crippen LogP contribution in [0.1, 0.15) is 34.8 Å². The number of thioether (sulfide) groups is 1. The van der Waals surface area contributed by atoms with E-state index in [1.807, 2.05) is 23.1 Å². The van der Waals surface area contributed by atoms with Crippen LogP contribution in [0, 0.1) is 13.8 Å². The van der Waals surface area contributed by atoms with E-state index < -0.39 is 0 Å². The van der Waals surface area contributed by atoms with Gasteiger partial charge in [-0.25, -0.2) is 4.98 Å². The lowest BCUT2D eigenvalue weighted by molar-refractivity contribution is 0.346. The van der Waals surface area contributed by atoms with Crippen molar-refractivity contribution < 1.29 is 0 Å². The lowest BCUT2D eigenvalue weighted by atomic mass is 9.84. The SMILES string of the molecule is CSC1(CNCc2sc(C)nc2C)CCC1. The topological polar surface area (TPSA) is 24.9 Å². The summed E-state index contributed by atoms with van der Waals surface area (Å²) in [4.78, 5) is 5.85. The zero-order valence-electron chi connectivity index (χ0n) is 10.3. The molecule has 1 aromatic heterocycles. The number of aryl methyl sites for hydroxylation is 2. The summed E-state index contributed by atoms with van der Waals surface area (Å²) in [5, 5.41) is 4.78. The van der Waals surface area contributed by atoms with Crippen LogP contribution in [-0.4, -0.2) is 22.5 Å². The molecule has 0 amide bonds. The third-order valence-corrected chi connectivity index (χ3v) is 5.92. The van der Waals surface area contributed by atoms with Gasteiger partial charge < -0.3 is 5.32 Å². The predicted molar refractivity (Wildman–Crippen MR) is 73.4 cm³/mol. The molecule has 0 radical (unpaired) electrons. The van der Waals surface area contributed by atoms with Crippen LogP contribution in [0.3, 0.4) is 0 Å². The molecule has 2 nitrogen and oxygen atoms in total. The monoisotopic (exact) mass is 256 g/mol. The first-order chi connectivity index (χ1) is 7.65. The second kappa shape index (κ2) is 5.07. The second-order valence-electron chi connectivity index (χ2n) is 4.59. The fourth-order valence-electron chi connectivity index (χ4n) is 2.17. The summed E-state index contributed by atoms with van der Waals surface area (Å²) in [6.45, 7) is 6.31. The van der Waals surface area contributed by atoms with Gasteiger partial charge in [0, 0.05) is 22.7 Å². The summed E-state index contributed by atoms with van der Waals surface area (Å²) in [5.41, 5.74) is 1.20. The zero-order chi connectivity index (χ0) is 11.6. The molecule has 0 aromatic carbocycles. The Hall–Kier alpha value is -0.0600. The van der Waals surface area contributed by atoms with Crippen LogP contribution in [0.25, 0.3) is 0 Å². The average Bonchev–Trinajstić information content (AvgIpc) is 2.50. The highest BCUT2D eigenvalue weighted by atomic mass is 32.2. The van der Waals surface area contributed by atoms with Gasteiger partial charge in [-0.05, 0) is 32.9 Å². The molecule has 2 rings (SSSR count). The maximum Gasteiger partial charge on any atom is 0.0900 e. The molecule has 16 heavy (non-hydrogen) atoms. The fourth-order valence-corrected chi connectivity index (χ4v) is 4.02. The van der Waals surface area contributed by atoms with Gasteiger partial charge in [-0.1, -0.05) is 6.42 Å². The van der Waals surface area contributed by atoms with Crippen molar-refractivity contribution >= 4 is 23.1 Å². The van der Waals surface area contributed by atoms with Crippen molar-refractivity contribution in [1.29, 1.82) is 0 Å². The third-order valence-electron chi connectivity index (χ3n) is 3.43. The van der Waals surface area contributed by atoms with Crippen LogP contribution >= 0.6 is 23.1 Å². The van der Waals surface area contributed by atoms with E-state index in [9.17, 15) is 0 Å². The number of nitrogens with zero attached hydrogens (tertiary/aromatic N) is 1. The van der Waals surface area contributed by atoms with Crippen molar-refractivity contribution in [1.82, 2.24) is 10.3 Å². The van der Waals surface area contributed by atoms with Gasteiger partial charge in [0.25, 0.3) is 0 Å². The van der Waals surface area contributed by atoms with Gasteiger partial charge in [-0.2, -0.15) is 11.8 Å². The Labute approximate surface area is 106 Å². The highest BCUT2D eigenvalue weighted by Crippen LogP contribution is 2.42. The first-order valence-electron chi connectivity index (χ1n) is 5.84. The van der Waals surface area contributed by atoms with Crippen LogP contribution in [0.15, 0.2) is 0 Å². The van der Waals surface area contributed by atoms with Gasteiger partial charge in [0.15, 0.2) is 0 Å². The Morgan fingerprint density at radius 1 is 1.44 bits per heavy atom. The van der Waals surface area contributed by atoms with Crippen LogP contribution < -0.4 is 5.32 Å². The lowest BCUT2D eigenvalue weighted by Crippen LogP contribution is -2.43. The molecule has 0 bridgehead atoms. The smallest absolute Gasteiger partial charge is 0.0900 e. The van der Waals surface area contributed by atoms with E-state index in [0.29, 0.717) is 4.75 Å². The molecule has 1 saturated carbocycles. The quantitative estimate of drug-likeness (QED) is 0.876. The number of aromatic nitrogens is 1. The van der Waals surface area contributed by atoms with E-state index in [-0.39, 0.29) is 0 Å². The lowest BCUT2D eigenvalue weighted by Gasteiger charge is -2.40. The van der Waals surface area contributed by atoms with Gasteiger partial charge in [0.1, 0.15) is 0 Å².